The summed E-state index contributed by atoms with van der Waals surface area (Å²) in [6, 6.07) is 4.09. The van der Waals surface area contributed by atoms with Crippen molar-refractivity contribution in [1.29, 1.82) is 0 Å². The molecule has 0 aromatic heterocycles. The normalized spacial score (nSPS) is 15.9. The van der Waals surface area contributed by atoms with Gasteiger partial charge in [0.2, 0.25) is 10.0 Å². The number of anilines is 1. The Bertz CT molecular complexity index is 497. The highest BCUT2D eigenvalue weighted by molar-refractivity contribution is 7.92. The third-order valence-electron chi connectivity index (χ3n) is 2.06. The van der Waals surface area contributed by atoms with Gasteiger partial charge < -0.3 is 4.74 Å². The first-order chi connectivity index (χ1) is 7.44. The Labute approximate surface area is 93.5 Å². The van der Waals surface area contributed by atoms with Crippen LogP contribution >= 0.6 is 0 Å². The van der Waals surface area contributed by atoms with Crippen molar-refractivity contribution in [2.75, 3.05) is 11.0 Å². The standard InChI is InChI=1S/C10H12FNO3S/c1-16(13,14)12-10-5-4-8(6-9(10)11)15-7-2-3-7/h4-7,12H,2-3H2,1H3. The van der Waals surface area contributed by atoms with Crippen LogP contribution in [0, 0.1) is 5.82 Å². The zero-order valence-corrected chi connectivity index (χ0v) is 9.55. The highest BCUT2D eigenvalue weighted by Gasteiger charge is 2.23. The summed E-state index contributed by atoms with van der Waals surface area (Å²) in [7, 11) is -3.45. The number of benzene rings is 1. The average molecular weight is 245 g/mol. The van der Waals surface area contributed by atoms with Crippen molar-refractivity contribution in [3.63, 3.8) is 0 Å². The maximum Gasteiger partial charge on any atom is 0.229 e. The van der Waals surface area contributed by atoms with Crippen molar-refractivity contribution in [1.82, 2.24) is 0 Å². The summed E-state index contributed by atoms with van der Waals surface area (Å²) >= 11 is 0. The third-order valence-corrected chi connectivity index (χ3v) is 2.65. The summed E-state index contributed by atoms with van der Waals surface area (Å²) in [5.74, 6) is -0.206. The molecular formula is C10H12FNO3S. The van der Waals surface area contributed by atoms with Gasteiger partial charge >= 0.3 is 0 Å². The lowest BCUT2D eigenvalue weighted by atomic mass is 10.3. The summed E-state index contributed by atoms with van der Waals surface area (Å²) in [4.78, 5) is 0. The van der Waals surface area contributed by atoms with Gasteiger partial charge in [-0.05, 0) is 25.0 Å². The number of halogens is 1. The van der Waals surface area contributed by atoms with Crippen molar-refractivity contribution in [3.8, 4) is 5.75 Å². The molecule has 0 spiro atoms. The van der Waals surface area contributed by atoms with Gasteiger partial charge in [-0.15, -0.1) is 0 Å². The molecule has 0 radical (unpaired) electrons. The predicted molar refractivity (Wildman–Crippen MR) is 58.5 cm³/mol. The summed E-state index contributed by atoms with van der Waals surface area (Å²) < 4.78 is 42.7. The van der Waals surface area contributed by atoms with E-state index in [9.17, 15) is 12.8 Å². The molecule has 1 fully saturated rings. The van der Waals surface area contributed by atoms with Gasteiger partial charge in [-0.2, -0.15) is 0 Å². The lowest BCUT2D eigenvalue weighted by Crippen LogP contribution is -2.11. The van der Waals surface area contributed by atoms with Crippen molar-refractivity contribution < 1.29 is 17.5 Å². The first-order valence-corrected chi connectivity index (χ1v) is 6.77. The number of rotatable bonds is 4. The van der Waals surface area contributed by atoms with E-state index in [1.54, 1.807) is 6.07 Å². The fourth-order valence-electron chi connectivity index (χ4n) is 1.23. The highest BCUT2D eigenvalue weighted by atomic mass is 32.2. The first kappa shape index (κ1) is 11.2. The van der Waals surface area contributed by atoms with Crippen LogP contribution in [0.15, 0.2) is 18.2 Å². The third kappa shape index (κ3) is 3.10. The van der Waals surface area contributed by atoms with Gasteiger partial charge in [-0.25, -0.2) is 12.8 Å². The molecule has 0 bridgehead atoms. The Morgan fingerprint density at radius 3 is 2.62 bits per heavy atom. The van der Waals surface area contributed by atoms with Crippen molar-refractivity contribution in [2.45, 2.75) is 18.9 Å². The molecule has 88 valence electrons. The van der Waals surface area contributed by atoms with E-state index in [1.807, 2.05) is 0 Å². The molecule has 1 aliphatic carbocycles. The molecular weight excluding hydrogens is 233 g/mol. The maximum absolute atomic E-state index is 13.4. The van der Waals surface area contributed by atoms with Crippen LogP contribution in [0.3, 0.4) is 0 Å². The molecule has 0 amide bonds. The van der Waals surface area contributed by atoms with Crippen LogP contribution in [-0.2, 0) is 10.0 Å². The number of hydrogen-bond acceptors (Lipinski definition) is 3. The van der Waals surface area contributed by atoms with Crippen LogP contribution < -0.4 is 9.46 Å². The second kappa shape index (κ2) is 3.93. The van der Waals surface area contributed by atoms with Crippen LogP contribution in [-0.4, -0.2) is 20.8 Å². The number of nitrogens with one attached hydrogen (secondary N) is 1. The topological polar surface area (TPSA) is 55.4 Å². The van der Waals surface area contributed by atoms with E-state index < -0.39 is 15.8 Å². The monoisotopic (exact) mass is 245 g/mol. The van der Waals surface area contributed by atoms with Gasteiger partial charge in [0.15, 0.2) is 5.82 Å². The minimum absolute atomic E-state index is 0.0642. The highest BCUT2D eigenvalue weighted by Crippen LogP contribution is 2.28. The molecule has 0 aliphatic heterocycles. The molecule has 1 aromatic carbocycles. The van der Waals surface area contributed by atoms with E-state index in [0.29, 0.717) is 5.75 Å². The molecule has 2 rings (SSSR count). The van der Waals surface area contributed by atoms with Gasteiger partial charge in [0.25, 0.3) is 0 Å². The Hall–Kier alpha value is -1.30. The minimum Gasteiger partial charge on any atom is -0.490 e. The van der Waals surface area contributed by atoms with Gasteiger partial charge in [0.1, 0.15) is 5.75 Å². The SMILES string of the molecule is CS(=O)(=O)Nc1ccc(OC2CC2)cc1F. The zero-order chi connectivity index (χ0) is 11.8. The molecule has 1 aliphatic rings. The molecule has 4 nitrogen and oxygen atoms in total. The molecule has 0 unspecified atom stereocenters. The van der Waals surface area contributed by atoms with Crippen molar-refractivity contribution in [3.05, 3.63) is 24.0 Å². The van der Waals surface area contributed by atoms with Crippen molar-refractivity contribution >= 4 is 15.7 Å². The van der Waals surface area contributed by atoms with E-state index in [1.165, 1.54) is 12.1 Å². The molecule has 6 heteroatoms. The lowest BCUT2D eigenvalue weighted by Gasteiger charge is -2.08. The molecule has 0 saturated heterocycles. The van der Waals surface area contributed by atoms with E-state index in [-0.39, 0.29) is 11.8 Å². The molecule has 1 saturated carbocycles. The zero-order valence-electron chi connectivity index (χ0n) is 8.73. The van der Waals surface area contributed by atoms with Gasteiger partial charge in [-0.3, -0.25) is 4.72 Å². The van der Waals surface area contributed by atoms with E-state index in [4.69, 9.17) is 4.74 Å². The summed E-state index contributed by atoms with van der Waals surface area (Å²) in [5, 5.41) is 0. The van der Waals surface area contributed by atoms with E-state index in [2.05, 4.69) is 4.72 Å². The Balaban J connectivity index is 2.15. The largest absolute Gasteiger partial charge is 0.490 e. The molecule has 1 N–H and O–H groups in total. The second-order valence-electron chi connectivity index (χ2n) is 3.83. The van der Waals surface area contributed by atoms with Crippen LogP contribution in [0.1, 0.15) is 12.8 Å². The summed E-state index contributed by atoms with van der Waals surface area (Å²) in [6.45, 7) is 0. The minimum atomic E-state index is -3.45. The van der Waals surface area contributed by atoms with Crippen LogP contribution in [0.25, 0.3) is 0 Å². The van der Waals surface area contributed by atoms with Gasteiger partial charge in [0, 0.05) is 6.07 Å². The van der Waals surface area contributed by atoms with Crippen LogP contribution in [0.5, 0.6) is 5.75 Å². The van der Waals surface area contributed by atoms with Crippen LogP contribution in [0.4, 0.5) is 10.1 Å². The molecule has 0 atom stereocenters. The quantitative estimate of drug-likeness (QED) is 0.879. The fraction of sp³-hybridized carbons (Fsp3) is 0.400. The number of ether oxygens (including phenoxy) is 1. The second-order valence-corrected chi connectivity index (χ2v) is 5.58. The maximum atomic E-state index is 13.4. The number of hydrogen-bond donors (Lipinski definition) is 1. The van der Waals surface area contributed by atoms with Crippen LogP contribution in [0.2, 0.25) is 0 Å². The summed E-state index contributed by atoms with van der Waals surface area (Å²) in [6.07, 6.45) is 3.14. The Morgan fingerprint density at radius 2 is 2.12 bits per heavy atom. The van der Waals surface area contributed by atoms with Gasteiger partial charge in [0.05, 0.1) is 18.0 Å². The smallest absolute Gasteiger partial charge is 0.229 e. The molecule has 16 heavy (non-hydrogen) atoms. The molecule has 0 heterocycles. The molecule has 1 aromatic rings. The van der Waals surface area contributed by atoms with E-state index >= 15 is 0 Å². The number of sulfonamides is 1. The Morgan fingerprint density at radius 1 is 1.44 bits per heavy atom. The Kier molecular flexibility index (Phi) is 2.75. The average Bonchev–Trinajstić information content (AvgIpc) is 2.92. The first-order valence-electron chi connectivity index (χ1n) is 4.88. The fourth-order valence-corrected chi connectivity index (χ4v) is 1.80. The summed E-state index contributed by atoms with van der Waals surface area (Å²) in [5.41, 5.74) is -0.0642. The van der Waals surface area contributed by atoms with E-state index in [0.717, 1.165) is 19.1 Å². The van der Waals surface area contributed by atoms with Gasteiger partial charge in [-0.1, -0.05) is 0 Å². The predicted octanol–water partition coefficient (Wildman–Crippen LogP) is 1.74. The van der Waals surface area contributed by atoms with Crippen molar-refractivity contribution in [2.24, 2.45) is 0 Å². The lowest BCUT2D eigenvalue weighted by molar-refractivity contribution is 0.302.